The van der Waals surface area contributed by atoms with Gasteiger partial charge in [-0.2, -0.15) is 4.72 Å². The summed E-state index contributed by atoms with van der Waals surface area (Å²) in [5, 5.41) is 12.9. The van der Waals surface area contributed by atoms with Gasteiger partial charge in [-0.3, -0.25) is 10.1 Å². The molecule has 0 bridgehead atoms. The van der Waals surface area contributed by atoms with Gasteiger partial charge in [0.15, 0.2) is 0 Å². The van der Waals surface area contributed by atoms with Crippen molar-refractivity contribution in [1.82, 2.24) is 4.72 Å². The van der Waals surface area contributed by atoms with Gasteiger partial charge in [0.1, 0.15) is 5.82 Å². The van der Waals surface area contributed by atoms with E-state index in [1.54, 1.807) is 17.5 Å². The average Bonchev–Trinajstić information content (AvgIpc) is 3.15. The molecule has 0 radical (unpaired) electrons. The zero-order valence-electron chi connectivity index (χ0n) is 14.1. The Morgan fingerprint density at radius 1 is 1.15 bits per heavy atom. The number of hydrogen-bond acceptors (Lipinski definition) is 5. The van der Waals surface area contributed by atoms with Crippen LogP contribution in [-0.4, -0.2) is 13.3 Å². The number of nitro benzene ring substituents is 1. The van der Waals surface area contributed by atoms with E-state index in [1.807, 2.05) is 0 Å². The molecule has 0 unspecified atom stereocenters. The Kier molecular flexibility index (Phi) is 5.36. The molecule has 0 aliphatic carbocycles. The summed E-state index contributed by atoms with van der Waals surface area (Å²) in [7, 11) is -4.06. The van der Waals surface area contributed by atoms with Gasteiger partial charge in [0.2, 0.25) is 10.0 Å². The molecule has 0 fully saturated rings. The number of halogens is 1. The summed E-state index contributed by atoms with van der Waals surface area (Å²) >= 11 is 1.35. The maximum absolute atomic E-state index is 13.3. The van der Waals surface area contributed by atoms with Gasteiger partial charge >= 0.3 is 0 Å². The third kappa shape index (κ3) is 4.21. The fourth-order valence-corrected chi connectivity index (χ4v) is 4.68. The molecule has 0 aliphatic rings. The molecule has 27 heavy (non-hydrogen) atoms. The van der Waals surface area contributed by atoms with E-state index >= 15 is 0 Å². The van der Waals surface area contributed by atoms with Crippen molar-refractivity contribution in [3.63, 3.8) is 0 Å². The van der Waals surface area contributed by atoms with Gasteiger partial charge in [-0.25, -0.2) is 12.8 Å². The minimum absolute atomic E-state index is 0.205. The van der Waals surface area contributed by atoms with E-state index in [0.717, 1.165) is 6.07 Å². The number of benzene rings is 2. The molecule has 2 aromatic carbocycles. The van der Waals surface area contributed by atoms with Crippen LogP contribution in [0.1, 0.15) is 22.0 Å². The molecule has 0 aliphatic heterocycles. The third-order valence-corrected chi connectivity index (χ3v) is 6.35. The van der Waals surface area contributed by atoms with E-state index in [1.165, 1.54) is 54.7 Å². The number of nitrogens with zero attached hydrogens (tertiary/aromatic N) is 1. The monoisotopic (exact) mass is 406 g/mol. The van der Waals surface area contributed by atoms with Crippen molar-refractivity contribution in [2.24, 2.45) is 0 Å². The van der Waals surface area contributed by atoms with Crippen molar-refractivity contribution >= 4 is 27.0 Å². The third-order valence-electron chi connectivity index (χ3n) is 3.99. The van der Waals surface area contributed by atoms with Crippen molar-refractivity contribution in [3.05, 3.63) is 91.9 Å². The Labute approximate surface area is 159 Å². The highest BCUT2D eigenvalue weighted by Gasteiger charge is 2.25. The summed E-state index contributed by atoms with van der Waals surface area (Å²) in [6.45, 7) is 1.54. The van der Waals surface area contributed by atoms with Crippen LogP contribution in [0.15, 0.2) is 64.9 Å². The maximum Gasteiger partial charge on any atom is 0.273 e. The topological polar surface area (TPSA) is 89.3 Å². The number of sulfonamides is 1. The zero-order valence-corrected chi connectivity index (χ0v) is 15.8. The lowest BCUT2D eigenvalue weighted by atomic mass is 10.1. The molecule has 0 amide bonds. The van der Waals surface area contributed by atoms with Gasteiger partial charge < -0.3 is 0 Å². The molecule has 140 valence electrons. The molecule has 6 nitrogen and oxygen atoms in total. The Balaban J connectivity index is 2.01. The highest BCUT2D eigenvalue weighted by atomic mass is 32.2. The number of thiophene rings is 1. The van der Waals surface area contributed by atoms with Crippen LogP contribution in [-0.2, 0) is 10.0 Å². The van der Waals surface area contributed by atoms with E-state index in [-0.39, 0.29) is 10.6 Å². The Morgan fingerprint density at radius 3 is 2.44 bits per heavy atom. The van der Waals surface area contributed by atoms with Crippen molar-refractivity contribution in [2.45, 2.75) is 17.9 Å². The number of nitro groups is 1. The molecule has 1 N–H and O–H groups in total. The highest BCUT2D eigenvalue weighted by Crippen LogP contribution is 2.29. The van der Waals surface area contributed by atoms with Gasteiger partial charge in [-0.1, -0.05) is 24.3 Å². The van der Waals surface area contributed by atoms with Crippen LogP contribution in [0.5, 0.6) is 0 Å². The van der Waals surface area contributed by atoms with Crippen LogP contribution in [0.3, 0.4) is 0 Å². The largest absolute Gasteiger partial charge is 0.273 e. The molecule has 0 spiro atoms. The Bertz CT molecular complexity index is 1070. The molecular formula is C18H15FN2O4S2. The van der Waals surface area contributed by atoms with E-state index in [9.17, 15) is 22.9 Å². The van der Waals surface area contributed by atoms with Gasteiger partial charge in [-0.15, -0.1) is 11.3 Å². The lowest BCUT2D eigenvalue weighted by molar-refractivity contribution is -0.385. The standard InChI is InChI=1S/C18H15FN2O4S2/c1-12-4-9-15(11-16(12)21(22)23)27(24,25)20-18(17-3-2-10-26-17)13-5-7-14(19)8-6-13/h2-11,18,20H,1H3/t18-/m0/s1. The van der Waals surface area contributed by atoms with E-state index in [2.05, 4.69) is 4.72 Å². The first-order chi connectivity index (χ1) is 12.8. The molecule has 0 saturated heterocycles. The first-order valence-corrected chi connectivity index (χ1v) is 10.2. The normalized spacial score (nSPS) is 12.7. The molecule has 1 heterocycles. The van der Waals surface area contributed by atoms with Crippen molar-refractivity contribution in [1.29, 1.82) is 0 Å². The van der Waals surface area contributed by atoms with Crippen LogP contribution in [0.2, 0.25) is 0 Å². The van der Waals surface area contributed by atoms with E-state index < -0.39 is 26.8 Å². The van der Waals surface area contributed by atoms with Crippen molar-refractivity contribution < 1.29 is 17.7 Å². The highest BCUT2D eigenvalue weighted by molar-refractivity contribution is 7.89. The minimum Gasteiger partial charge on any atom is -0.258 e. The molecular weight excluding hydrogens is 391 g/mol. The zero-order chi connectivity index (χ0) is 19.6. The average molecular weight is 406 g/mol. The molecule has 3 aromatic rings. The number of aryl methyl sites for hydroxylation is 1. The summed E-state index contributed by atoms with van der Waals surface area (Å²) in [4.78, 5) is 11.0. The Morgan fingerprint density at radius 2 is 1.85 bits per heavy atom. The predicted octanol–water partition coefficient (Wildman–Crippen LogP) is 4.17. The molecule has 1 atom stereocenters. The van der Waals surface area contributed by atoms with Gasteiger partial charge in [-0.05, 0) is 42.1 Å². The number of nitrogens with one attached hydrogen (secondary N) is 1. The smallest absolute Gasteiger partial charge is 0.258 e. The summed E-state index contributed by atoms with van der Waals surface area (Å²) in [6.07, 6.45) is 0. The van der Waals surface area contributed by atoms with E-state index in [4.69, 9.17) is 0 Å². The lowest BCUT2D eigenvalue weighted by Gasteiger charge is -2.18. The first-order valence-electron chi connectivity index (χ1n) is 7.84. The van der Waals surface area contributed by atoms with Crippen molar-refractivity contribution in [3.8, 4) is 0 Å². The van der Waals surface area contributed by atoms with Gasteiger partial charge in [0, 0.05) is 16.5 Å². The minimum atomic E-state index is -4.06. The van der Waals surface area contributed by atoms with Crippen LogP contribution in [0.25, 0.3) is 0 Å². The van der Waals surface area contributed by atoms with Gasteiger partial charge in [0.25, 0.3) is 5.69 Å². The van der Waals surface area contributed by atoms with Crippen LogP contribution in [0.4, 0.5) is 10.1 Å². The number of rotatable bonds is 6. The quantitative estimate of drug-likeness (QED) is 0.491. The fraction of sp³-hybridized carbons (Fsp3) is 0.111. The molecule has 9 heteroatoms. The fourth-order valence-electron chi connectivity index (χ4n) is 2.58. The summed E-state index contributed by atoms with van der Waals surface area (Å²) in [5.41, 5.74) is 0.656. The molecule has 0 saturated carbocycles. The van der Waals surface area contributed by atoms with Crippen LogP contribution >= 0.6 is 11.3 Å². The van der Waals surface area contributed by atoms with Crippen molar-refractivity contribution in [2.75, 3.05) is 0 Å². The van der Waals surface area contributed by atoms with Crippen LogP contribution < -0.4 is 4.72 Å². The number of hydrogen-bond donors (Lipinski definition) is 1. The summed E-state index contributed by atoms with van der Waals surface area (Å²) < 4.78 is 41.5. The van der Waals surface area contributed by atoms with Crippen LogP contribution in [0, 0.1) is 22.9 Å². The SMILES string of the molecule is Cc1ccc(S(=O)(=O)N[C@@H](c2ccc(F)cc2)c2cccs2)cc1[N+](=O)[O-]. The second-order valence-electron chi connectivity index (χ2n) is 5.83. The molecule has 1 aromatic heterocycles. The molecule has 3 rings (SSSR count). The van der Waals surface area contributed by atoms with Gasteiger partial charge in [0.05, 0.1) is 15.9 Å². The first kappa shape index (κ1) is 19.2. The second kappa shape index (κ2) is 7.55. The lowest BCUT2D eigenvalue weighted by Crippen LogP contribution is -2.29. The Hall–Kier alpha value is -2.62. The summed E-state index contributed by atoms with van der Waals surface area (Å²) in [5.74, 6) is -0.430. The summed E-state index contributed by atoms with van der Waals surface area (Å²) in [6, 6.07) is 12.1. The second-order valence-corrected chi connectivity index (χ2v) is 8.52. The maximum atomic E-state index is 13.3. The van der Waals surface area contributed by atoms with E-state index in [0.29, 0.717) is 16.0 Å². The predicted molar refractivity (Wildman–Crippen MR) is 101 cm³/mol.